The summed E-state index contributed by atoms with van der Waals surface area (Å²) in [5.74, 6) is -0.188. The van der Waals surface area contributed by atoms with Gasteiger partial charge in [0, 0.05) is 31.3 Å². The highest BCUT2D eigenvalue weighted by Gasteiger charge is 2.33. The zero-order valence-corrected chi connectivity index (χ0v) is 23.9. The van der Waals surface area contributed by atoms with Crippen molar-refractivity contribution < 1.29 is 9.59 Å². The second kappa shape index (κ2) is 13.9. The van der Waals surface area contributed by atoms with Gasteiger partial charge in [-0.3, -0.25) is 9.59 Å². The van der Waals surface area contributed by atoms with E-state index in [0.29, 0.717) is 13.0 Å². The van der Waals surface area contributed by atoms with E-state index < -0.39 is 6.04 Å². The Labute approximate surface area is 244 Å². The third-order valence-corrected chi connectivity index (χ3v) is 8.36. The zero-order chi connectivity index (χ0) is 28.4. The van der Waals surface area contributed by atoms with Crippen molar-refractivity contribution >= 4 is 11.8 Å². The molecule has 1 aliphatic rings. The summed E-state index contributed by atoms with van der Waals surface area (Å²) in [6, 6.07) is 38.2. The fourth-order valence-electron chi connectivity index (χ4n) is 5.98. The lowest BCUT2D eigenvalue weighted by Crippen LogP contribution is -2.52. The number of amides is 2. The predicted molar refractivity (Wildman–Crippen MR) is 165 cm³/mol. The average Bonchev–Trinajstić information content (AvgIpc) is 3.53. The fraction of sp³-hybridized carbons (Fsp3) is 0.297. The molecule has 1 unspecified atom stereocenters. The molecule has 0 spiro atoms. The maximum absolute atomic E-state index is 14.5. The van der Waals surface area contributed by atoms with Crippen LogP contribution in [-0.4, -0.2) is 28.8 Å². The molecule has 0 heterocycles. The molecule has 0 saturated heterocycles. The maximum Gasteiger partial charge on any atom is 0.243 e. The highest BCUT2D eigenvalue weighted by atomic mass is 16.2. The molecular formula is C37H40N2O2. The lowest BCUT2D eigenvalue weighted by atomic mass is 9.87. The summed E-state index contributed by atoms with van der Waals surface area (Å²) in [5, 5.41) is 3.32. The van der Waals surface area contributed by atoms with Crippen molar-refractivity contribution in [3.63, 3.8) is 0 Å². The smallest absolute Gasteiger partial charge is 0.243 e. The normalized spacial score (nSPS) is 14.1. The van der Waals surface area contributed by atoms with E-state index in [4.69, 9.17) is 0 Å². The standard InChI is InChI=1S/C37H40N2O2/c1-28-15-11-12-22-32(28)27-39(35(25-29-16-5-2-6-17-29)37(41)38-33-23-13-14-24-33)36(40)26-34(30-18-7-3-8-19-30)31-20-9-4-10-21-31/h2-12,15-22,33-35H,13-14,23-27H2,1H3,(H,38,41). The Bertz CT molecular complexity index is 1360. The van der Waals surface area contributed by atoms with Crippen LogP contribution in [0.25, 0.3) is 0 Å². The van der Waals surface area contributed by atoms with Crippen molar-refractivity contribution in [3.8, 4) is 0 Å². The summed E-state index contributed by atoms with van der Waals surface area (Å²) in [5.41, 5.74) is 5.41. The number of hydrogen-bond donors (Lipinski definition) is 1. The van der Waals surface area contributed by atoms with Crippen LogP contribution in [-0.2, 0) is 22.6 Å². The lowest BCUT2D eigenvalue weighted by molar-refractivity contribution is -0.141. The summed E-state index contributed by atoms with van der Waals surface area (Å²) >= 11 is 0. The van der Waals surface area contributed by atoms with Gasteiger partial charge in [0.2, 0.25) is 11.8 Å². The van der Waals surface area contributed by atoms with Gasteiger partial charge in [0.1, 0.15) is 6.04 Å². The van der Waals surface area contributed by atoms with Crippen LogP contribution in [0.15, 0.2) is 115 Å². The molecule has 4 aromatic rings. The predicted octanol–water partition coefficient (Wildman–Crippen LogP) is 7.22. The first kappa shape index (κ1) is 28.4. The molecule has 1 aliphatic carbocycles. The molecule has 1 saturated carbocycles. The molecule has 4 heteroatoms. The van der Waals surface area contributed by atoms with Crippen LogP contribution in [0.1, 0.15) is 65.8 Å². The highest BCUT2D eigenvalue weighted by molar-refractivity contribution is 5.88. The number of nitrogens with one attached hydrogen (secondary N) is 1. The Morgan fingerprint density at radius 2 is 1.29 bits per heavy atom. The second-order valence-corrected chi connectivity index (χ2v) is 11.2. The summed E-state index contributed by atoms with van der Waals surface area (Å²) in [7, 11) is 0. The number of carbonyl (C=O) groups is 2. The summed E-state index contributed by atoms with van der Waals surface area (Å²) in [6.07, 6.45) is 5.02. The minimum atomic E-state index is -0.614. The first-order valence-corrected chi connectivity index (χ1v) is 14.9. The van der Waals surface area contributed by atoms with E-state index >= 15 is 0 Å². The van der Waals surface area contributed by atoms with Crippen LogP contribution >= 0.6 is 0 Å². The summed E-state index contributed by atoms with van der Waals surface area (Å²) in [4.78, 5) is 30.4. The average molecular weight is 545 g/mol. The fourth-order valence-corrected chi connectivity index (χ4v) is 5.98. The molecule has 0 aliphatic heterocycles. The zero-order valence-electron chi connectivity index (χ0n) is 23.9. The SMILES string of the molecule is Cc1ccccc1CN(C(=O)CC(c1ccccc1)c1ccccc1)C(Cc1ccccc1)C(=O)NC1CCCC1. The number of carbonyl (C=O) groups excluding carboxylic acids is 2. The minimum Gasteiger partial charge on any atom is -0.352 e. The van der Waals surface area contributed by atoms with Gasteiger partial charge in [-0.05, 0) is 47.6 Å². The molecule has 1 N–H and O–H groups in total. The molecule has 0 aromatic heterocycles. The van der Waals surface area contributed by atoms with E-state index in [1.165, 1.54) is 0 Å². The van der Waals surface area contributed by atoms with Gasteiger partial charge in [0.15, 0.2) is 0 Å². The van der Waals surface area contributed by atoms with Gasteiger partial charge < -0.3 is 10.2 Å². The first-order chi connectivity index (χ1) is 20.1. The summed E-state index contributed by atoms with van der Waals surface area (Å²) < 4.78 is 0. The Kier molecular flexibility index (Phi) is 9.64. The number of rotatable bonds is 11. The third kappa shape index (κ3) is 7.52. The van der Waals surface area contributed by atoms with E-state index in [9.17, 15) is 9.59 Å². The Morgan fingerprint density at radius 1 is 0.756 bits per heavy atom. The van der Waals surface area contributed by atoms with Crippen LogP contribution in [0.3, 0.4) is 0 Å². The lowest BCUT2D eigenvalue weighted by Gasteiger charge is -2.34. The molecule has 41 heavy (non-hydrogen) atoms. The quantitative estimate of drug-likeness (QED) is 0.217. The van der Waals surface area contributed by atoms with E-state index in [1.54, 1.807) is 0 Å². The van der Waals surface area contributed by atoms with Crippen molar-refractivity contribution in [2.45, 2.75) is 70.0 Å². The van der Waals surface area contributed by atoms with Gasteiger partial charge in [-0.25, -0.2) is 0 Å². The number of nitrogens with zero attached hydrogens (tertiary/aromatic N) is 1. The van der Waals surface area contributed by atoms with Gasteiger partial charge in [-0.15, -0.1) is 0 Å². The van der Waals surface area contributed by atoms with Crippen molar-refractivity contribution in [1.29, 1.82) is 0 Å². The van der Waals surface area contributed by atoms with Gasteiger partial charge in [0.25, 0.3) is 0 Å². The molecule has 5 rings (SSSR count). The third-order valence-electron chi connectivity index (χ3n) is 8.36. The van der Waals surface area contributed by atoms with E-state index in [-0.39, 0.29) is 30.2 Å². The van der Waals surface area contributed by atoms with Crippen LogP contribution < -0.4 is 5.32 Å². The van der Waals surface area contributed by atoms with Gasteiger partial charge in [-0.1, -0.05) is 128 Å². The van der Waals surface area contributed by atoms with Crippen LogP contribution in [0.4, 0.5) is 0 Å². The molecule has 4 nitrogen and oxygen atoms in total. The second-order valence-electron chi connectivity index (χ2n) is 11.2. The number of aryl methyl sites for hydroxylation is 1. The first-order valence-electron chi connectivity index (χ1n) is 14.9. The molecule has 1 fully saturated rings. The largest absolute Gasteiger partial charge is 0.352 e. The maximum atomic E-state index is 14.5. The molecule has 2 amide bonds. The van der Waals surface area contributed by atoms with Crippen LogP contribution in [0.2, 0.25) is 0 Å². The Hall–Kier alpha value is -4.18. The summed E-state index contributed by atoms with van der Waals surface area (Å²) in [6.45, 7) is 2.46. The van der Waals surface area contributed by atoms with Crippen molar-refractivity contribution in [2.75, 3.05) is 0 Å². The van der Waals surface area contributed by atoms with Crippen molar-refractivity contribution in [3.05, 3.63) is 143 Å². The molecule has 4 aromatic carbocycles. The van der Waals surface area contributed by atoms with Gasteiger partial charge in [-0.2, -0.15) is 0 Å². The van der Waals surface area contributed by atoms with Crippen molar-refractivity contribution in [1.82, 2.24) is 10.2 Å². The topological polar surface area (TPSA) is 49.4 Å². The number of hydrogen-bond acceptors (Lipinski definition) is 2. The Morgan fingerprint density at radius 3 is 1.88 bits per heavy atom. The minimum absolute atomic E-state index is 0.0199. The van der Waals surface area contributed by atoms with Gasteiger partial charge >= 0.3 is 0 Å². The molecule has 0 radical (unpaired) electrons. The Balaban J connectivity index is 1.52. The highest BCUT2D eigenvalue weighted by Crippen LogP contribution is 2.30. The van der Waals surface area contributed by atoms with Crippen LogP contribution in [0.5, 0.6) is 0 Å². The van der Waals surface area contributed by atoms with Crippen LogP contribution in [0, 0.1) is 6.92 Å². The monoisotopic (exact) mass is 544 g/mol. The van der Waals surface area contributed by atoms with E-state index in [1.807, 2.05) is 83.8 Å². The molecule has 0 bridgehead atoms. The van der Waals surface area contributed by atoms with Gasteiger partial charge in [0.05, 0.1) is 0 Å². The molecule has 210 valence electrons. The van der Waals surface area contributed by atoms with Crippen molar-refractivity contribution in [2.24, 2.45) is 0 Å². The number of benzene rings is 4. The van der Waals surface area contributed by atoms with E-state index in [0.717, 1.165) is 53.5 Å². The molecule has 1 atom stereocenters. The van der Waals surface area contributed by atoms with E-state index in [2.05, 4.69) is 48.6 Å². The molecular weight excluding hydrogens is 504 g/mol.